The molecule has 20 heavy (non-hydrogen) atoms. The van der Waals surface area contributed by atoms with Gasteiger partial charge in [-0.2, -0.15) is 0 Å². The van der Waals surface area contributed by atoms with E-state index in [1.807, 2.05) is 19.1 Å². The van der Waals surface area contributed by atoms with Crippen molar-refractivity contribution < 1.29 is 13.2 Å². The summed E-state index contributed by atoms with van der Waals surface area (Å²) in [5.41, 5.74) is 6.85. The number of hydrogen-bond acceptors (Lipinski definition) is 5. The van der Waals surface area contributed by atoms with E-state index in [2.05, 4.69) is 9.62 Å². The molecule has 6 nitrogen and oxygen atoms in total. The predicted octanol–water partition coefficient (Wildman–Crippen LogP) is 0.147. The SMILES string of the molecule is CNS(=O)(=O)c1ccc(N2CCOC(C(C)N)C2)cc1. The van der Waals surface area contributed by atoms with Crippen LogP contribution in [0.3, 0.4) is 0 Å². The minimum absolute atomic E-state index is 0.00414. The molecule has 0 amide bonds. The van der Waals surface area contributed by atoms with Crippen LogP contribution in [-0.4, -0.2) is 47.3 Å². The van der Waals surface area contributed by atoms with Gasteiger partial charge in [-0.1, -0.05) is 0 Å². The molecule has 1 heterocycles. The van der Waals surface area contributed by atoms with E-state index in [4.69, 9.17) is 10.5 Å². The molecule has 1 aromatic carbocycles. The second kappa shape index (κ2) is 6.09. The highest BCUT2D eigenvalue weighted by atomic mass is 32.2. The maximum Gasteiger partial charge on any atom is 0.240 e. The molecule has 2 rings (SSSR count). The summed E-state index contributed by atoms with van der Waals surface area (Å²) in [5.74, 6) is 0. The van der Waals surface area contributed by atoms with Crippen molar-refractivity contribution in [2.45, 2.75) is 24.0 Å². The Morgan fingerprint density at radius 2 is 2.05 bits per heavy atom. The molecule has 0 bridgehead atoms. The maximum absolute atomic E-state index is 11.7. The smallest absolute Gasteiger partial charge is 0.240 e. The van der Waals surface area contributed by atoms with E-state index in [0.717, 1.165) is 18.8 Å². The first kappa shape index (κ1) is 15.2. The first-order valence-electron chi connectivity index (χ1n) is 6.60. The van der Waals surface area contributed by atoms with Crippen molar-refractivity contribution in [3.8, 4) is 0 Å². The number of rotatable bonds is 4. The van der Waals surface area contributed by atoms with Gasteiger partial charge in [-0.25, -0.2) is 13.1 Å². The molecule has 2 atom stereocenters. The summed E-state index contributed by atoms with van der Waals surface area (Å²) in [6, 6.07) is 6.82. The van der Waals surface area contributed by atoms with E-state index in [-0.39, 0.29) is 17.0 Å². The Balaban J connectivity index is 2.14. The zero-order valence-corrected chi connectivity index (χ0v) is 12.6. The molecule has 112 valence electrons. The Bertz CT molecular complexity index is 542. The summed E-state index contributed by atoms with van der Waals surface area (Å²) in [7, 11) is -1.98. The molecular weight excluding hydrogens is 278 g/mol. The fourth-order valence-electron chi connectivity index (χ4n) is 2.18. The number of sulfonamides is 1. The number of hydrogen-bond donors (Lipinski definition) is 2. The van der Waals surface area contributed by atoms with Gasteiger partial charge in [-0.15, -0.1) is 0 Å². The Morgan fingerprint density at radius 1 is 1.40 bits per heavy atom. The van der Waals surface area contributed by atoms with Crippen molar-refractivity contribution in [2.24, 2.45) is 5.73 Å². The third kappa shape index (κ3) is 3.29. The van der Waals surface area contributed by atoms with Gasteiger partial charge in [0.15, 0.2) is 0 Å². The van der Waals surface area contributed by atoms with E-state index >= 15 is 0 Å². The average Bonchev–Trinajstić information content (AvgIpc) is 2.47. The van der Waals surface area contributed by atoms with Gasteiger partial charge in [0.25, 0.3) is 0 Å². The van der Waals surface area contributed by atoms with Crippen LogP contribution in [0.4, 0.5) is 5.69 Å². The van der Waals surface area contributed by atoms with Gasteiger partial charge in [0, 0.05) is 24.8 Å². The summed E-state index contributed by atoms with van der Waals surface area (Å²) < 4.78 is 31.3. The van der Waals surface area contributed by atoms with Crippen LogP contribution in [0.2, 0.25) is 0 Å². The molecule has 0 aromatic heterocycles. The van der Waals surface area contributed by atoms with Gasteiger partial charge >= 0.3 is 0 Å². The van der Waals surface area contributed by atoms with Gasteiger partial charge in [0.05, 0.1) is 17.6 Å². The largest absolute Gasteiger partial charge is 0.373 e. The lowest BCUT2D eigenvalue weighted by atomic mass is 10.1. The van der Waals surface area contributed by atoms with Crippen LogP contribution in [0.1, 0.15) is 6.92 Å². The number of ether oxygens (including phenoxy) is 1. The van der Waals surface area contributed by atoms with Gasteiger partial charge in [0.2, 0.25) is 10.0 Å². The summed E-state index contributed by atoms with van der Waals surface area (Å²) in [4.78, 5) is 2.42. The lowest BCUT2D eigenvalue weighted by Crippen LogP contribution is -2.49. The van der Waals surface area contributed by atoms with Crippen LogP contribution >= 0.6 is 0 Å². The van der Waals surface area contributed by atoms with E-state index in [1.165, 1.54) is 7.05 Å². The number of nitrogens with one attached hydrogen (secondary N) is 1. The molecule has 7 heteroatoms. The molecule has 1 fully saturated rings. The van der Waals surface area contributed by atoms with E-state index in [0.29, 0.717) is 6.61 Å². The van der Waals surface area contributed by atoms with Crippen LogP contribution in [0, 0.1) is 0 Å². The van der Waals surface area contributed by atoms with Crippen LogP contribution < -0.4 is 15.4 Å². The average molecular weight is 299 g/mol. The summed E-state index contributed by atoms with van der Waals surface area (Å²) in [6.45, 7) is 4.05. The lowest BCUT2D eigenvalue weighted by molar-refractivity contribution is 0.0276. The molecule has 3 N–H and O–H groups in total. The van der Waals surface area contributed by atoms with Crippen LogP contribution in [-0.2, 0) is 14.8 Å². The minimum atomic E-state index is -3.38. The molecular formula is C13H21N3O3S. The second-order valence-corrected chi connectivity index (χ2v) is 6.80. The molecule has 1 aliphatic rings. The van der Waals surface area contributed by atoms with Gasteiger partial charge < -0.3 is 15.4 Å². The molecule has 0 saturated carbocycles. The Hall–Kier alpha value is -1.15. The first-order chi connectivity index (χ1) is 9.44. The van der Waals surface area contributed by atoms with Gasteiger partial charge in [-0.05, 0) is 38.2 Å². The van der Waals surface area contributed by atoms with Crippen molar-refractivity contribution in [3.63, 3.8) is 0 Å². The zero-order valence-electron chi connectivity index (χ0n) is 11.7. The van der Waals surface area contributed by atoms with Crippen LogP contribution in [0.15, 0.2) is 29.2 Å². The Morgan fingerprint density at radius 3 is 2.60 bits per heavy atom. The number of anilines is 1. The summed E-state index contributed by atoms with van der Waals surface area (Å²) >= 11 is 0. The third-order valence-corrected chi connectivity index (χ3v) is 4.89. The first-order valence-corrected chi connectivity index (χ1v) is 8.08. The second-order valence-electron chi connectivity index (χ2n) is 4.92. The lowest BCUT2D eigenvalue weighted by Gasteiger charge is -2.36. The van der Waals surface area contributed by atoms with Crippen molar-refractivity contribution in [1.29, 1.82) is 0 Å². The third-order valence-electron chi connectivity index (χ3n) is 3.46. The monoisotopic (exact) mass is 299 g/mol. The van der Waals surface area contributed by atoms with E-state index in [1.54, 1.807) is 12.1 Å². The molecule has 0 aliphatic carbocycles. The van der Waals surface area contributed by atoms with Crippen LogP contribution in [0.5, 0.6) is 0 Å². The Kier molecular flexibility index (Phi) is 4.64. The molecule has 1 aromatic rings. The van der Waals surface area contributed by atoms with E-state index < -0.39 is 10.0 Å². The van der Waals surface area contributed by atoms with E-state index in [9.17, 15) is 8.42 Å². The number of morpholine rings is 1. The van der Waals surface area contributed by atoms with Crippen molar-refractivity contribution >= 4 is 15.7 Å². The predicted molar refractivity (Wildman–Crippen MR) is 78.3 cm³/mol. The van der Waals surface area contributed by atoms with Crippen molar-refractivity contribution in [1.82, 2.24) is 4.72 Å². The topological polar surface area (TPSA) is 84.7 Å². The van der Waals surface area contributed by atoms with Gasteiger partial charge in [-0.3, -0.25) is 0 Å². The minimum Gasteiger partial charge on any atom is -0.373 e. The summed E-state index contributed by atoms with van der Waals surface area (Å²) in [6.07, 6.45) is 0.00414. The van der Waals surface area contributed by atoms with Crippen LogP contribution in [0.25, 0.3) is 0 Å². The highest BCUT2D eigenvalue weighted by molar-refractivity contribution is 7.89. The Labute approximate surface area is 120 Å². The van der Waals surface area contributed by atoms with Crippen molar-refractivity contribution in [2.75, 3.05) is 31.6 Å². The van der Waals surface area contributed by atoms with Crippen molar-refractivity contribution in [3.05, 3.63) is 24.3 Å². The normalized spacial score (nSPS) is 21.8. The molecule has 2 unspecified atom stereocenters. The fourth-order valence-corrected chi connectivity index (χ4v) is 2.91. The zero-order chi connectivity index (χ0) is 14.8. The fraction of sp³-hybridized carbons (Fsp3) is 0.538. The number of nitrogens with zero attached hydrogens (tertiary/aromatic N) is 1. The number of nitrogens with two attached hydrogens (primary N) is 1. The highest BCUT2D eigenvalue weighted by Crippen LogP contribution is 2.20. The standard InChI is InChI=1S/C13H21N3O3S/c1-10(14)13-9-16(7-8-19-13)11-3-5-12(6-4-11)20(17,18)15-2/h3-6,10,13,15H,7-9,14H2,1-2H3. The maximum atomic E-state index is 11.7. The number of benzene rings is 1. The molecule has 1 saturated heterocycles. The summed E-state index contributed by atoms with van der Waals surface area (Å²) in [5, 5.41) is 0. The van der Waals surface area contributed by atoms with Gasteiger partial charge in [0.1, 0.15) is 0 Å². The quantitative estimate of drug-likeness (QED) is 0.826. The highest BCUT2D eigenvalue weighted by Gasteiger charge is 2.23. The molecule has 0 radical (unpaired) electrons. The molecule has 1 aliphatic heterocycles. The molecule has 0 spiro atoms.